The zero-order chi connectivity index (χ0) is 18.1. The Kier molecular flexibility index (Phi) is 4.21. The molecule has 0 bridgehead atoms. The van der Waals surface area contributed by atoms with Crippen LogP contribution >= 0.6 is 0 Å². The summed E-state index contributed by atoms with van der Waals surface area (Å²) in [5.74, 6) is 0.598. The monoisotopic (exact) mass is 349 g/mol. The first-order valence-corrected chi connectivity index (χ1v) is 8.65. The predicted octanol–water partition coefficient (Wildman–Crippen LogP) is 3.78. The summed E-state index contributed by atoms with van der Waals surface area (Å²) in [6.07, 6.45) is 1.78. The molecule has 2 heterocycles. The van der Waals surface area contributed by atoms with Crippen LogP contribution in [0.1, 0.15) is 35.0 Å². The number of fused-ring (bicyclic) bond motifs is 1. The Balaban J connectivity index is 1.70. The molecule has 2 aromatic carbocycles. The molecule has 4 rings (SSSR count). The van der Waals surface area contributed by atoms with Crippen molar-refractivity contribution >= 4 is 16.9 Å². The summed E-state index contributed by atoms with van der Waals surface area (Å²) < 4.78 is 11.0. The van der Waals surface area contributed by atoms with Gasteiger partial charge in [0, 0.05) is 12.6 Å². The Morgan fingerprint density at radius 1 is 1.15 bits per heavy atom. The fourth-order valence-corrected chi connectivity index (χ4v) is 3.56. The Labute approximate surface area is 150 Å². The van der Waals surface area contributed by atoms with Crippen molar-refractivity contribution in [2.24, 2.45) is 0 Å². The number of amides is 1. The molecule has 0 aliphatic carbocycles. The number of rotatable bonds is 3. The van der Waals surface area contributed by atoms with Crippen molar-refractivity contribution < 1.29 is 13.9 Å². The van der Waals surface area contributed by atoms with E-state index in [9.17, 15) is 9.59 Å². The van der Waals surface area contributed by atoms with Crippen LogP contribution in [0.2, 0.25) is 0 Å². The summed E-state index contributed by atoms with van der Waals surface area (Å²) >= 11 is 0. The predicted molar refractivity (Wildman–Crippen MR) is 98.5 cm³/mol. The topological polar surface area (TPSA) is 59.8 Å². The Morgan fingerprint density at radius 3 is 2.85 bits per heavy atom. The Hall–Kier alpha value is -3.08. The number of methoxy groups -OCH3 is 1. The summed E-state index contributed by atoms with van der Waals surface area (Å²) in [5.41, 5.74) is 1.26. The number of benzene rings is 2. The second kappa shape index (κ2) is 6.67. The maximum Gasteiger partial charge on any atom is 0.290 e. The number of likely N-dealkylation sites (tertiary alicyclic amines) is 1. The first-order chi connectivity index (χ1) is 12.7. The highest BCUT2D eigenvalue weighted by Gasteiger charge is 2.32. The molecular weight excluding hydrogens is 330 g/mol. The number of hydrogen-bond donors (Lipinski definition) is 0. The zero-order valence-electron chi connectivity index (χ0n) is 14.5. The largest absolute Gasteiger partial charge is 0.497 e. The summed E-state index contributed by atoms with van der Waals surface area (Å²) in [5, 5.41) is 0.481. The Bertz CT molecular complexity index is 1020. The molecule has 132 valence electrons. The van der Waals surface area contributed by atoms with Crippen LogP contribution in [0.5, 0.6) is 5.75 Å². The summed E-state index contributed by atoms with van der Waals surface area (Å²) in [6.45, 7) is 0.636. The number of carbonyl (C=O) groups excluding carboxylic acids is 1. The number of hydrogen-bond acceptors (Lipinski definition) is 4. The van der Waals surface area contributed by atoms with Gasteiger partial charge in [-0.3, -0.25) is 9.59 Å². The minimum Gasteiger partial charge on any atom is -0.497 e. The highest BCUT2D eigenvalue weighted by atomic mass is 16.5. The summed E-state index contributed by atoms with van der Waals surface area (Å²) in [7, 11) is 1.63. The average molecular weight is 349 g/mol. The molecule has 1 amide bonds. The first kappa shape index (κ1) is 16.4. The number of ether oxygens (including phenoxy) is 1. The van der Waals surface area contributed by atoms with Crippen LogP contribution < -0.4 is 10.2 Å². The average Bonchev–Trinajstić information content (AvgIpc) is 3.17. The van der Waals surface area contributed by atoms with Gasteiger partial charge in [-0.1, -0.05) is 24.3 Å². The van der Waals surface area contributed by atoms with E-state index in [1.807, 2.05) is 24.3 Å². The van der Waals surface area contributed by atoms with E-state index in [-0.39, 0.29) is 23.1 Å². The highest BCUT2D eigenvalue weighted by Crippen LogP contribution is 2.34. The third-order valence-corrected chi connectivity index (χ3v) is 4.84. The third-order valence-electron chi connectivity index (χ3n) is 4.84. The van der Waals surface area contributed by atoms with Gasteiger partial charge in [0.25, 0.3) is 5.91 Å². The molecular formula is C21H19NO4. The third kappa shape index (κ3) is 2.86. The minimum absolute atomic E-state index is 0.0469. The van der Waals surface area contributed by atoms with E-state index in [2.05, 4.69) is 0 Å². The molecule has 1 aliphatic rings. The molecule has 1 atom stereocenters. The van der Waals surface area contributed by atoms with E-state index in [0.717, 1.165) is 24.2 Å². The van der Waals surface area contributed by atoms with Crippen molar-refractivity contribution in [2.45, 2.75) is 18.9 Å². The molecule has 1 saturated heterocycles. The quantitative estimate of drug-likeness (QED) is 0.722. The van der Waals surface area contributed by atoms with Gasteiger partial charge in [-0.2, -0.15) is 0 Å². The van der Waals surface area contributed by atoms with E-state index in [0.29, 0.717) is 17.5 Å². The van der Waals surface area contributed by atoms with Crippen molar-refractivity contribution in [2.75, 3.05) is 13.7 Å². The van der Waals surface area contributed by atoms with Gasteiger partial charge in [-0.25, -0.2) is 0 Å². The molecule has 5 nitrogen and oxygen atoms in total. The molecule has 1 unspecified atom stereocenters. The molecule has 26 heavy (non-hydrogen) atoms. The lowest BCUT2D eigenvalue weighted by Gasteiger charge is -2.25. The van der Waals surface area contributed by atoms with Gasteiger partial charge in [0.15, 0.2) is 11.2 Å². The molecule has 0 saturated carbocycles. The lowest BCUT2D eigenvalue weighted by atomic mass is 10.0. The van der Waals surface area contributed by atoms with Crippen LogP contribution in [-0.2, 0) is 0 Å². The van der Waals surface area contributed by atoms with Crippen LogP contribution in [0.25, 0.3) is 11.0 Å². The van der Waals surface area contributed by atoms with Crippen molar-refractivity contribution in [3.63, 3.8) is 0 Å². The van der Waals surface area contributed by atoms with Crippen molar-refractivity contribution in [3.05, 3.63) is 76.1 Å². The molecule has 1 aliphatic heterocycles. The first-order valence-electron chi connectivity index (χ1n) is 8.65. The van der Waals surface area contributed by atoms with Crippen LogP contribution in [0.3, 0.4) is 0 Å². The van der Waals surface area contributed by atoms with Crippen molar-refractivity contribution in [1.29, 1.82) is 0 Å². The standard InChI is InChI=1S/C21H19NO4/c1-25-15-7-4-6-14(12-15)17-9-5-11-22(17)21(24)20-13-18(23)16-8-2-3-10-19(16)26-20/h2-4,6-8,10,12-13,17H,5,9,11H2,1H3. The van der Waals surface area contributed by atoms with E-state index in [1.54, 1.807) is 36.3 Å². The normalized spacial score (nSPS) is 16.8. The maximum atomic E-state index is 13.0. The van der Waals surface area contributed by atoms with Crippen LogP contribution in [0, 0.1) is 0 Å². The van der Waals surface area contributed by atoms with Gasteiger partial charge in [-0.15, -0.1) is 0 Å². The van der Waals surface area contributed by atoms with E-state index >= 15 is 0 Å². The SMILES string of the molecule is COc1cccc(C2CCCN2C(=O)c2cc(=O)c3ccccc3o2)c1. The molecule has 0 radical (unpaired) electrons. The summed E-state index contributed by atoms with van der Waals surface area (Å²) in [4.78, 5) is 27.1. The maximum absolute atomic E-state index is 13.0. The highest BCUT2D eigenvalue weighted by molar-refractivity contribution is 5.93. The number of para-hydroxylation sites is 1. The zero-order valence-corrected chi connectivity index (χ0v) is 14.5. The molecule has 1 fully saturated rings. The molecule has 3 aromatic rings. The number of nitrogens with zero attached hydrogens (tertiary/aromatic N) is 1. The van der Waals surface area contributed by atoms with E-state index in [4.69, 9.17) is 9.15 Å². The second-order valence-corrected chi connectivity index (χ2v) is 6.40. The molecule has 5 heteroatoms. The van der Waals surface area contributed by atoms with Crippen molar-refractivity contribution in [1.82, 2.24) is 4.90 Å². The Morgan fingerprint density at radius 2 is 2.00 bits per heavy atom. The second-order valence-electron chi connectivity index (χ2n) is 6.40. The fraction of sp³-hybridized carbons (Fsp3) is 0.238. The minimum atomic E-state index is -0.252. The van der Waals surface area contributed by atoms with Gasteiger partial charge < -0.3 is 14.1 Å². The molecule has 0 N–H and O–H groups in total. The van der Waals surface area contributed by atoms with Gasteiger partial charge in [0.1, 0.15) is 11.3 Å². The van der Waals surface area contributed by atoms with Crippen LogP contribution in [-0.4, -0.2) is 24.5 Å². The van der Waals surface area contributed by atoms with Gasteiger partial charge in [-0.05, 0) is 42.7 Å². The van der Waals surface area contributed by atoms with Crippen molar-refractivity contribution in [3.8, 4) is 5.75 Å². The molecule has 0 spiro atoms. The van der Waals surface area contributed by atoms with E-state index in [1.165, 1.54) is 6.07 Å². The van der Waals surface area contributed by atoms with E-state index < -0.39 is 0 Å². The molecule has 1 aromatic heterocycles. The van der Waals surface area contributed by atoms with Gasteiger partial charge >= 0.3 is 0 Å². The lowest BCUT2D eigenvalue weighted by Crippen LogP contribution is -2.31. The smallest absolute Gasteiger partial charge is 0.290 e. The lowest BCUT2D eigenvalue weighted by molar-refractivity contribution is 0.0703. The van der Waals surface area contributed by atoms with Gasteiger partial charge in [0.2, 0.25) is 0 Å². The summed E-state index contributed by atoms with van der Waals surface area (Å²) in [6, 6.07) is 16.0. The van der Waals surface area contributed by atoms with Crippen LogP contribution in [0.4, 0.5) is 0 Å². The van der Waals surface area contributed by atoms with Gasteiger partial charge in [0.05, 0.1) is 18.5 Å². The number of carbonyl (C=O) groups is 1. The van der Waals surface area contributed by atoms with Crippen LogP contribution in [0.15, 0.2) is 63.8 Å². The fourth-order valence-electron chi connectivity index (χ4n) is 3.56.